The summed E-state index contributed by atoms with van der Waals surface area (Å²) in [6.45, 7) is 0. The minimum Gasteiger partial charge on any atom is -0.497 e. The lowest BCUT2D eigenvalue weighted by atomic mass is 10.1. The largest absolute Gasteiger partial charge is 0.497 e. The number of nitrogens with zero attached hydrogens (tertiary/aromatic N) is 2. The zero-order valence-electron chi connectivity index (χ0n) is 16.3. The van der Waals surface area contributed by atoms with Gasteiger partial charge in [-0.15, -0.1) is 0 Å². The van der Waals surface area contributed by atoms with Crippen LogP contribution in [0.25, 0.3) is 38.8 Å². The van der Waals surface area contributed by atoms with E-state index in [9.17, 15) is 0 Å². The lowest BCUT2D eigenvalue weighted by Gasteiger charge is -2.12. The fraction of sp³-hybridized carbons (Fsp3) is 0.0800. The van der Waals surface area contributed by atoms with Gasteiger partial charge < -0.3 is 14.0 Å². The van der Waals surface area contributed by atoms with Gasteiger partial charge in [0.05, 0.1) is 30.9 Å². The van der Waals surface area contributed by atoms with Crippen LogP contribution >= 0.6 is 0 Å². The molecule has 0 fully saturated rings. The Hall–Kier alpha value is -3.79. The monoisotopic (exact) mass is 380 g/mol. The summed E-state index contributed by atoms with van der Waals surface area (Å²) in [5.74, 6) is 1.49. The van der Waals surface area contributed by atoms with Crippen LogP contribution in [0, 0.1) is 0 Å². The van der Waals surface area contributed by atoms with Crippen LogP contribution in [0.4, 0.5) is 0 Å². The topological polar surface area (TPSA) is 36.3 Å². The highest BCUT2D eigenvalue weighted by Gasteiger charge is 2.14. The zero-order valence-corrected chi connectivity index (χ0v) is 16.3. The third-order valence-electron chi connectivity index (χ3n) is 5.27. The second-order valence-corrected chi connectivity index (χ2v) is 6.84. The minimum atomic E-state index is 0.733. The molecule has 0 bridgehead atoms. The van der Waals surface area contributed by atoms with Gasteiger partial charge in [-0.25, -0.2) is 0 Å². The molecule has 0 unspecified atom stereocenters. The summed E-state index contributed by atoms with van der Waals surface area (Å²) in [4.78, 5) is 4.61. The first-order valence-electron chi connectivity index (χ1n) is 9.47. The molecule has 0 N–H and O–H groups in total. The molecule has 29 heavy (non-hydrogen) atoms. The summed E-state index contributed by atoms with van der Waals surface area (Å²) in [5.41, 5.74) is 5.19. The third-order valence-corrected chi connectivity index (χ3v) is 5.27. The van der Waals surface area contributed by atoms with Crippen molar-refractivity contribution in [3.05, 3.63) is 85.1 Å². The van der Waals surface area contributed by atoms with E-state index < -0.39 is 0 Å². The Kier molecular flexibility index (Phi) is 4.17. The standard InChI is InChI=1S/C25H20N2O2/c1-28-18-11-12-21(25(16-18)29-2)22-15-17(13-14-26-22)27-23-9-5-3-7-19(23)20-8-4-6-10-24(20)27/h3-16H,1-2H3. The molecule has 0 amide bonds. The maximum Gasteiger partial charge on any atom is 0.131 e. The first-order chi connectivity index (χ1) is 14.3. The van der Waals surface area contributed by atoms with Gasteiger partial charge in [-0.05, 0) is 36.4 Å². The molecule has 3 aromatic carbocycles. The van der Waals surface area contributed by atoms with E-state index in [0.29, 0.717) is 0 Å². The average molecular weight is 380 g/mol. The van der Waals surface area contributed by atoms with Crippen LogP contribution in [-0.2, 0) is 0 Å². The highest BCUT2D eigenvalue weighted by Crippen LogP contribution is 2.35. The molecule has 2 aromatic heterocycles. The van der Waals surface area contributed by atoms with Gasteiger partial charge in [-0.2, -0.15) is 0 Å². The molecule has 142 valence electrons. The Labute approximate surface area is 169 Å². The molecule has 4 heteroatoms. The molecule has 5 aromatic rings. The first-order valence-corrected chi connectivity index (χ1v) is 9.47. The van der Waals surface area contributed by atoms with Crippen molar-refractivity contribution in [2.75, 3.05) is 14.2 Å². The van der Waals surface area contributed by atoms with E-state index in [1.807, 2.05) is 30.5 Å². The van der Waals surface area contributed by atoms with Crippen molar-refractivity contribution in [2.24, 2.45) is 0 Å². The second kappa shape index (κ2) is 6.99. The Morgan fingerprint density at radius 1 is 0.724 bits per heavy atom. The maximum absolute atomic E-state index is 5.59. The van der Waals surface area contributed by atoms with Crippen molar-refractivity contribution in [2.45, 2.75) is 0 Å². The van der Waals surface area contributed by atoms with E-state index in [1.54, 1.807) is 14.2 Å². The van der Waals surface area contributed by atoms with Crippen LogP contribution in [0.3, 0.4) is 0 Å². The predicted octanol–water partition coefficient (Wildman–Crippen LogP) is 5.86. The quantitative estimate of drug-likeness (QED) is 0.392. The van der Waals surface area contributed by atoms with E-state index in [4.69, 9.17) is 9.47 Å². The molecule has 0 radical (unpaired) electrons. The van der Waals surface area contributed by atoms with Crippen molar-refractivity contribution >= 4 is 21.8 Å². The summed E-state index contributed by atoms with van der Waals surface area (Å²) in [5, 5.41) is 2.48. The van der Waals surface area contributed by atoms with Crippen molar-refractivity contribution < 1.29 is 9.47 Å². The number of pyridine rings is 1. The normalized spacial score (nSPS) is 11.1. The van der Waals surface area contributed by atoms with E-state index in [2.05, 4.69) is 64.1 Å². The lowest BCUT2D eigenvalue weighted by molar-refractivity contribution is 0.395. The fourth-order valence-corrected chi connectivity index (χ4v) is 3.92. The van der Waals surface area contributed by atoms with Gasteiger partial charge in [0.15, 0.2) is 0 Å². The van der Waals surface area contributed by atoms with Gasteiger partial charge >= 0.3 is 0 Å². The Morgan fingerprint density at radius 2 is 1.41 bits per heavy atom. The van der Waals surface area contributed by atoms with Crippen molar-refractivity contribution in [1.82, 2.24) is 9.55 Å². The zero-order chi connectivity index (χ0) is 19.8. The average Bonchev–Trinajstić information content (AvgIpc) is 3.13. The number of hydrogen-bond acceptors (Lipinski definition) is 3. The molecular weight excluding hydrogens is 360 g/mol. The molecule has 0 aliphatic carbocycles. The van der Waals surface area contributed by atoms with Crippen LogP contribution in [0.2, 0.25) is 0 Å². The van der Waals surface area contributed by atoms with Gasteiger partial charge in [-0.3, -0.25) is 4.98 Å². The molecule has 0 aliphatic heterocycles. The van der Waals surface area contributed by atoms with Gasteiger partial charge in [0.25, 0.3) is 0 Å². The third kappa shape index (κ3) is 2.81. The molecule has 2 heterocycles. The molecule has 5 rings (SSSR count). The number of methoxy groups -OCH3 is 2. The van der Waals surface area contributed by atoms with Gasteiger partial charge in [-0.1, -0.05) is 36.4 Å². The Bertz CT molecular complexity index is 1280. The lowest BCUT2D eigenvalue weighted by Crippen LogP contribution is -1.97. The van der Waals surface area contributed by atoms with Crippen LogP contribution in [0.15, 0.2) is 85.1 Å². The smallest absolute Gasteiger partial charge is 0.131 e. The molecule has 0 aliphatic rings. The number of fused-ring (bicyclic) bond motifs is 3. The number of ether oxygens (including phenoxy) is 2. The van der Waals surface area contributed by atoms with Crippen LogP contribution in [0.1, 0.15) is 0 Å². The Balaban J connectivity index is 1.74. The maximum atomic E-state index is 5.59. The molecule has 0 atom stereocenters. The van der Waals surface area contributed by atoms with Crippen molar-refractivity contribution in [3.63, 3.8) is 0 Å². The van der Waals surface area contributed by atoms with Crippen LogP contribution < -0.4 is 9.47 Å². The summed E-state index contributed by atoms with van der Waals surface area (Å²) in [6.07, 6.45) is 1.85. The molecule has 0 saturated carbocycles. The fourth-order valence-electron chi connectivity index (χ4n) is 3.92. The van der Waals surface area contributed by atoms with Crippen LogP contribution in [-0.4, -0.2) is 23.8 Å². The molecule has 0 saturated heterocycles. The predicted molar refractivity (Wildman–Crippen MR) is 117 cm³/mol. The Morgan fingerprint density at radius 3 is 2.07 bits per heavy atom. The number of para-hydroxylation sites is 2. The highest BCUT2D eigenvalue weighted by molar-refractivity contribution is 6.09. The number of aromatic nitrogens is 2. The van der Waals surface area contributed by atoms with Crippen molar-refractivity contribution in [1.29, 1.82) is 0 Å². The molecule has 4 nitrogen and oxygen atoms in total. The minimum absolute atomic E-state index is 0.733. The molecular formula is C25H20N2O2. The summed E-state index contributed by atoms with van der Waals surface area (Å²) in [6, 6.07) is 26.9. The summed E-state index contributed by atoms with van der Waals surface area (Å²) in [7, 11) is 3.31. The van der Waals surface area contributed by atoms with E-state index in [-0.39, 0.29) is 0 Å². The van der Waals surface area contributed by atoms with Crippen LogP contribution in [0.5, 0.6) is 11.5 Å². The highest BCUT2D eigenvalue weighted by atomic mass is 16.5. The van der Waals surface area contributed by atoms with Gasteiger partial charge in [0.2, 0.25) is 0 Å². The van der Waals surface area contributed by atoms with Crippen molar-refractivity contribution in [3.8, 4) is 28.4 Å². The second-order valence-electron chi connectivity index (χ2n) is 6.84. The van der Waals surface area contributed by atoms with Gasteiger partial charge in [0, 0.05) is 34.3 Å². The summed E-state index contributed by atoms with van der Waals surface area (Å²) >= 11 is 0. The summed E-state index contributed by atoms with van der Waals surface area (Å²) < 4.78 is 13.2. The first kappa shape index (κ1) is 17.3. The van der Waals surface area contributed by atoms with E-state index >= 15 is 0 Å². The van der Waals surface area contributed by atoms with Gasteiger partial charge in [0.1, 0.15) is 11.5 Å². The van der Waals surface area contributed by atoms with E-state index in [1.165, 1.54) is 21.8 Å². The molecule has 0 spiro atoms. The number of hydrogen-bond donors (Lipinski definition) is 0. The van der Waals surface area contributed by atoms with E-state index in [0.717, 1.165) is 28.4 Å². The number of benzene rings is 3. The number of rotatable bonds is 4. The SMILES string of the molecule is COc1ccc(-c2cc(-n3c4ccccc4c4ccccc43)ccn2)c(OC)c1.